The van der Waals surface area contributed by atoms with Gasteiger partial charge in [-0.1, -0.05) is 0 Å². The number of carbonyl (C=O) groups excluding carboxylic acids is 1. The van der Waals surface area contributed by atoms with Crippen LogP contribution in [-0.2, 0) is 6.18 Å². The highest BCUT2D eigenvalue weighted by atomic mass is 19.4. The van der Waals surface area contributed by atoms with Crippen LogP contribution in [0.15, 0.2) is 18.2 Å². The molecule has 3 N–H and O–H groups in total. The quantitative estimate of drug-likeness (QED) is 0.808. The Morgan fingerprint density at radius 3 is 2.56 bits per heavy atom. The lowest BCUT2D eigenvalue weighted by Gasteiger charge is -2.17. The van der Waals surface area contributed by atoms with Gasteiger partial charge >= 0.3 is 6.18 Å². The van der Waals surface area contributed by atoms with E-state index in [-0.39, 0.29) is 18.7 Å². The van der Waals surface area contributed by atoms with Gasteiger partial charge < -0.3 is 15.7 Å². The maximum atomic E-state index is 12.6. The van der Waals surface area contributed by atoms with Crippen molar-refractivity contribution in [1.82, 2.24) is 4.90 Å². The van der Waals surface area contributed by atoms with Gasteiger partial charge in [0.25, 0.3) is 5.91 Å². The zero-order valence-electron chi connectivity index (χ0n) is 9.66. The summed E-state index contributed by atoms with van der Waals surface area (Å²) in [6.07, 6.45) is -4.60. The molecule has 1 amide bonds. The van der Waals surface area contributed by atoms with Gasteiger partial charge in [-0.05, 0) is 18.2 Å². The molecule has 0 aliphatic carbocycles. The van der Waals surface area contributed by atoms with E-state index in [2.05, 4.69) is 0 Å². The predicted octanol–water partition coefficient (Wildman–Crippen LogP) is 1.35. The third-order valence-electron chi connectivity index (χ3n) is 2.39. The molecule has 0 aliphatic rings. The normalized spacial score (nSPS) is 11.4. The number of halogens is 3. The van der Waals surface area contributed by atoms with Gasteiger partial charge in [0.05, 0.1) is 12.2 Å². The highest BCUT2D eigenvalue weighted by Crippen LogP contribution is 2.34. The van der Waals surface area contributed by atoms with E-state index in [1.807, 2.05) is 0 Å². The van der Waals surface area contributed by atoms with Crippen molar-refractivity contribution < 1.29 is 23.1 Å². The summed E-state index contributed by atoms with van der Waals surface area (Å²) in [6.45, 7) is -0.214. The highest BCUT2D eigenvalue weighted by molar-refractivity contribution is 5.94. The monoisotopic (exact) mass is 262 g/mol. The molecule has 7 heteroatoms. The van der Waals surface area contributed by atoms with E-state index in [0.717, 1.165) is 11.0 Å². The molecular weight excluding hydrogens is 249 g/mol. The van der Waals surface area contributed by atoms with Gasteiger partial charge in [0.15, 0.2) is 0 Å². The number of aliphatic hydroxyl groups excluding tert-OH is 1. The van der Waals surface area contributed by atoms with E-state index in [1.165, 1.54) is 13.1 Å². The molecule has 0 spiro atoms. The first-order valence-electron chi connectivity index (χ1n) is 5.10. The fourth-order valence-electron chi connectivity index (χ4n) is 1.41. The van der Waals surface area contributed by atoms with Gasteiger partial charge in [0.1, 0.15) is 0 Å². The molecule has 0 fully saturated rings. The minimum absolute atomic E-state index is 0.0462. The molecule has 0 saturated carbocycles. The van der Waals surface area contributed by atoms with Crippen molar-refractivity contribution in [2.75, 3.05) is 25.9 Å². The van der Waals surface area contributed by atoms with Crippen molar-refractivity contribution in [3.63, 3.8) is 0 Å². The summed E-state index contributed by atoms with van der Waals surface area (Å²) >= 11 is 0. The lowest BCUT2D eigenvalue weighted by molar-refractivity contribution is -0.136. The van der Waals surface area contributed by atoms with E-state index in [4.69, 9.17) is 10.8 Å². The Balaban J connectivity index is 3.09. The van der Waals surface area contributed by atoms with Crippen molar-refractivity contribution in [3.05, 3.63) is 29.3 Å². The maximum Gasteiger partial charge on any atom is 0.418 e. The van der Waals surface area contributed by atoms with Crippen LogP contribution in [0.2, 0.25) is 0 Å². The number of nitrogen functional groups attached to an aromatic ring is 1. The Morgan fingerprint density at radius 1 is 1.44 bits per heavy atom. The fraction of sp³-hybridized carbons (Fsp3) is 0.364. The molecule has 1 rings (SSSR count). The summed E-state index contributed by atoms with van der Waals surface area (Å²) in [5.41, 5.74) is 3.64. The zero-order valence-corrected chi connectivity index (χ0v) is 9.66. The van der Waals surface area contributed by atoms with Crippen molar-refractivity contribution in [2.24, 2.45) is 0 Å². The van der Waals surface area contributed by atoms with Crippen LogP contribution < -0.4 is 5.73 Å². The average molecular weight is 262 g/mol. The number of benzene rings is 1. The van der Waals surface area contributed by atoms with Crippen LogP contribution in [0.1, 0.15) is 15.9 Å². The number of likely N-dealkylation sites (N-methyl/N-ethyl adjacent to an activating group) is 1. The topological polar surface area (TPSA) is 66.6 Å². The summed E-state index contributed by atoms with van der Waals surface area (Å²) in [5.74, 6) is -0.602. The number of amides is 1. The first kappa shape index (κ1) is 14.3. The van der Waals surface area contributed by atoms with E-state index in [1.54, 1.807) is 0 Å². The minimum Gasteiger partial charge on any atom is -0.398 e. The molecule has 0 aliphatic heterocycles. The van der Waals surface area contributed by atoms with Gasteiger partial charge in [-0.15, -0.1) is 0 Å². The molecule has 0 atom stereocenters. The fourth-order valence-corrected chi connectivity index (χ4v) is 1.41. The largest absolute Gasteiger partial charge is 0.418 e. The SMILES string of the molecule is CN(CCO)C(=O)c1ccc(N)c(C(F)(F)F)c1. The number of hydrogen-bond acceptors (Lipinski definition) is 3. The molecule has 0 radical (unpaired) electrons. The van der Waals surface area contributed by atoms with Gasteiger partial charge in [-0.25, -0.2) is 0 Å². The second-order valence-electron chi connectivity index (χ2n) is 3.75. The molecule has 0 heterocycles. The molecule has 0 bridgehead atoms. The van der Waals surface area contributed by atoms with Crippen LogP contribution in [0.25, 0.3) is 0 Å². The lowest BCUT2D eigenvalue weighted by Crippen LogP contribution is -2.29. The number of anilines is 1. The van der Waals surface area contributed by atoms with E-state index in [9.17, 15) is 18.0 Å². The Labute approximate surface area is 102 Å². The zero-order chi connectivity index (χ0) is 13.9. The van der Waals surface area contributed by atoms with Gasteiger partial charge in [-0.3, -0.25) is 4.79 Å². The Hall–Kier alpha value is -1.76. The molecule has 0 aromatic heterocycles. The second kappa shape index (κ2) is 5.26. The van der Waals surface area contributed by atoms with Crippen molar-refractivity contribution in [2.45, 2.75) is 6.18 Å². The summed E-state index contributed by atoms with van der Waals surface area (Å²) in [4.78, 5) is 12.9. The Morgan fingerprint density at radius 2 is 2.06 bits per heavy atom. The lowest BCUT2D eigenvalue weighted by atomic mass is 10.1. The van der Waals surface area contributed by atoms with Crippen LogP contribution >= 0.6 is 0 Å². The minimum atomic E-state index is -4.60. The molecule has 18 heavy (non-hydrogen) atoms. The molecule has 4 nitrogen and oxygen atoms in total. The molecule has 1 aromatic carbocycles. The number of aliphatic hydroxyl groups is 1. The van der Waals surface area contributed by atoms with Gasteiger partial charge in [0, 0.05) is 24.8 Å². The summed E-state index contributed by atoms with van der Waals surface area (Å²) < 4.78 is 37.8. The summed E-state index contributed by atoms with van der Waals surface area (Å²) in [6, 6.07) is 2.98. The van der Waals surface area contributed by atoms with Crippen molar-refractivity contribution in [1.29, 1.82) is 0 Å². The second-order valence-corrected chi connectivity index (χ2v) is 3.75. The smallest absolute Gasteiger partial charge is 0.398 e. The van der Waals surface area contributed by atoms with Crippen molar-refractivity contribution in [3.8, 4) is 0 Å². The van der Waals surface area contributed by atoms with Crippen LogP contribution in [0.3, 0.4) is 0 Å². The maximum absolute atomic E-state index is 12.6. The van der Waals surface area contributed by atoms with E-state index < -0.39 is 23.3 Å². The number of alkyl halides is 3. The molecule has 0 saturated heterocycles. The first-order valence-corrected chi connectivity index (χ1v) is 5.10. The molecule has 0 unspecified atom stereocenters. The number of rotatable bonds is 3. The summed E-state index contributed by atoms with van der Waals surface area (Å²) in [7, 11) is 1.39. The van der Waals surface area contributed by atoms with Crippen LogP contribution in [0.4, 0.5) is 18.9 Å². The van der Waals surface area contributed by atoms with E-state index >= 15 is 0 Å². The molecular formula is C11H13F3N2O2. The Kier molecular flexibility index (Phi) is 4.18. The van der Waals surface area contributed by atoms with Crippen LogP contribution in [0.5, 0.6) is 0 Å². The van der Waals surface area contributed by atoms with Crippen LogP contribution in [-0.4, -0.2) is 36.1 Å². The predicted molar refractivity (Wildman–Crippen MR) is 59.9 cm³/mol. The first-order chi connectivity index (χ1) is 8.27. The Bertz CT molecular complexity index is 446. The standard InChI is InChI=1S/C11H13F3N2O2/c1-16(4-5-17)10(18)7-2-3-9(15)8(6-7)11(12,13)14/h2-3,6,17H,4-5,15H2,1H3. The third kappa shape index (κ3) is 3.13. The van der Waals surface area contributed by atoms with Crippen molar-refractivity contribution >= 4 is 11.6 Å². The number of hydrogen-bond donors (Lipinski definition) is 2. The number of nitrogens with two attached hydrogens (primary N) is 1. The number of carbonyl (C=O) groups is 1. The van der Waals surface area contributed by atoms with Gasteiger partial charge in [0.2, 0.25) is 0 Å². The summed E-state index contributed by atoms with van der Waals surface area (Å²) in [5, 5.41) is 8.67. The third-order valence-corrected chi connectivity index (χ3v) is 2.39. The molecule has 100 valence electrons. The number of nitrogens with zero attached hydrogens (tertiary/aromatic N) is 1. The van der Waals surface area contributed by atoms with E-state index in [0.29, 0.717) is 6.07 Å². The molecule has 1 aromatic rings. The van der Waals surface area contributed by atoms with Crippen LogP contribution in [0, 0.1) is 0 Å². The average Bonchev–Trinajstić information content (AvgIpc) is 2.27. The van der Waals surface area contributed by atoms with Gasteiger partial charge in [-0.2, -0.15) is 13.2 Å². The highest BCUT2D eigenvalue weighted by Gasteiger charge is 2.33.